The van der Waals surface area contributed by atoms with E-state index < -0.39 is 5.97 Å². The van der Waals surface area contributed by atoms with Crippen LogP contribution in [0.3, 0.4) is 0 Å². The highest BCUT2D eigenvalue weighted by Crippen LogP contribution is 2.35. The van der Waals surface area contributed by atoms with Crippen LogP contribution in [0.2, 0.25) is 0 Å². The van der Waals surface area contributed by atoms with E-state index >= 15 is 0 Å². The first-order valence-electron chi connectivity index (χ1n) is 8.12. The maximum absolute atomic E-state index is 12.5. The predicted molar refractivity (Wildman–Crippen MR) is 102 cm³/mol. The maximum Gasteiger partial charge on any atom is 0.353 e. The maximum atomic E-state index is 12.5. The van der Waals surface area contributed by atoms with Gasteiger partial charge in [0.15, 0.2) is 5.76 Å². The van der Waals surface area contributed by atoms with Crippen molar-refractivity contribution < 1.29 is 23.8 Å². The first-order chi connectivity index (χ1) is 13.1. The highest BCUT2D eigenvalue weighted by atomic mass is 32.1. The van der Waals surface area contributed by atoms with Crippen LogP contribution in [-0.4, -0.2) is 18.9 Å². The van der Waals surface area contributed by atoms with Gasteiger partial charge >= 0.3 is 5.97 Å². The van der Waals surface area contributed by atoms with Crippen molar-refractivity contribution in [3.8, 4) is 17.2 Å². The lowest BCUT2D eigenvalue weighted by molar-refractivity contribution is 0.0739. The number of methoxy groups -OCH3 is 1. The lowest BCUT2D eigenvalue weighted by atomic mass is 10.1. The van der Waals surface area contributed by atoms with Crippen LogP contribution in [0, 0.1) is 0 Å². The van der Waals surface area contributed by atoms with Crippen LogP contribution in [0.4, 0.5) is 0 Å². The van der Waals surface area contributed by atoms with Gasteiger partial charge in [0, 0.05) is 6.07 Å². The van der Waals surface area contributed by atoms with Crippen LogP contribution >= 0.6 is 11.3 Å². The van der Waals surface area contributed by atoms with Gasteiger partial charge in [-0.05, 0) is 47.4 Å². The summed E-state index contributed by atoms with van der Waals surface area (Å²) in [5.41, 5.74) is 1.25. The lowest BCUT2D eigenvalue weighted by Gasteiger charge is -2.04. The van der Waals surface area contributed by atoms with E-state index in [0.29, 0.717) is 21.9 Å². The molecule has 0 bridgehead atoms. The standard InChI is InChI=1S/C21H14O5S/c1-24-14-6-4-13(5-7-14)11-18-20(22)16-9-8-15(12-17(16)26-18)25-21(23)19-3-2-10-27-19/h2-12H,1H3/b18-11+. The summed E-state index contributed by atoms with van der Waals surface area (Å²) in [6, 6.07) is 15.5. The Labute approximate surface area is 159 Å². The molecule has 2 aromatic carbocycles. The zero-order valence-electron chi connectivity index (χ0n) is 14.3. The number of allylic oxidation sites excluding steroid dienone is 1. The summed E-state index contributed by atoms with van der Waals surface area (Å²) >= 11 is 1.30. The van der Waals surface area contributed by atoms with Gasteiger partial charge in [0.05, 0.1) is 12.7 Å². The van der Waals surface area contributed by atoms with Gasteiger partial charge in [-0.2, -0.15) is 0 Å². The number of carbonyl (C=O) groups excluding carboxylic acids is 2. The second kappa shape index (κ2) is 7.09. The minimum atomic E-state index is -0.441. The molecule has 0 saturated carbocycles. The van der Waals surface area contributed by atoms with Gasteiger partial charge in [-0.25, -0.2) is 4.79 Å². The van der Waals surface area contributed by atoms with Crippen LogP contribution in [0.25, 0.3) is 6.08 Å². The molecule has 4 rings (SSSR count). The first-order valence-corrected chi connectivity index (χ1v) is 9.00. The normalized spacial score (nSPS) is 14.0. The van der Waals surface area contributed by atoms with Gasteiger partial charge in [-0.3, -0.25) is 4.79 Å². The van der Waals surface area contributed by atoms with Gasteiger partial charge in [-0.1, -0.05) is 18.2 Å². The molecule has 0 atom stereocenters. The summed E-state index contributed by atoms with van der Waals surface area (Å²) in [4.78, 5) is 25.1. The zero-order chi connectivity index (χ0) is 18.8. The molecule has 1 aliphatic heterocycles. The van der Waals surface area contributed by atoms with Crippen molar-refractivity contribution in [1.82, 2.24) is 0 Å². The number of ketones is 1. The summed E-state index contributed by atoms with van der Waals surface area (Å²) in [5, 5.41) is 1.80. The summed E-state index contributed by atoms with van der Waals surface area (Å²) in [6.07, 6.45) is 1.67. The van der Waals surface area contributed by atoms with E-state index in [2.05, 4.69) is 0 Å². The van der Waals surface area contributed by atoms with Gasteiger partial charge in [0.1, 0.15) is 22.1 Å². The van der Waals surface area contributed by atoms with Gasteiger partial charge in [0.2, 0.25) is 5.78 Å². The molecule has 0 radical (unpaired) electrons. The van der Waals surface area contributed by atoms with E-state index in [1.165, 1.54) is 11.3 Å². The summed E-state index contributed by atoms with van der Waals surface area (Å²) in [5.74, 6) is 0.996. The number of carbonyl (C=O) groups is 2. The SMILES string of the molecule is COc1ccc(/C=C2/Oc3cc(OC(=O)c4cccs4)ccc3C2=O)cc1. The van der Waals surface area contributed by atoms with Crippen molar-refractivity contribution in [2.45, 2.75) is 0 Å². The summed E-state index contributed by atoms with van der Waals surface area (Å²) in [7, 11) is 1.59. The molecule has 0 N–H and O–H groups in total. The summed E-state index contributed by atoms with van der Waals surface area (Å²) < 4.78 is 16.2. The van der Waals surface area contributed by atoms with E-state index in [4.69, 9.17) is 14.2 Å². The highest BCUT2D eigenvalue weighted by Gasteiger charge is 2.28. The third-order valence-electron chi connectivity index (χ3n) is 3.99. The van der Waals surface area contributed by atoms with Gasteiger partial charge in [0.25, 0.3) is 0 Å². The van der Waals surface area contributed by atoms with Crippen LogP contribution in [-0.2, 0) is 0 Å². The zero-order valence-corrected chi connectivity index (χ0v) is 15.1. The number of hydrogen-bond acceptors (Lipinski definition) is 6. The Balaban J connectivity index is 1.54. The van der Waals surface area contributed by atoms with E-state index in [1.807, 2.05) is 12.1 Å². The molecule has 0 amide bonds. The second-order valence-corrected chi connectivity index (χ2v) is 6.69. The van der Waals surface area contributed by atoms with Crippen LogP contribution in [0.5, 0.6) is 17.2 Å². The number of fused-ring (bicyclic) bond motifs is 1. The molecule has 1 aliphatic rings. The molecule has 0 unspecified atom stereocenters. The monoisotopic (exact) mass is 378 g/mol. The average Bonchev–Trinajstić information content (AvgIpc) is 3.32. The molecule has 3 aromatic rings. The molecule has 2 heterocycles. The largest absolute Gasteiger partial charge is 0.497 e. The number of rotatable bonds is 4. The molecule has 1 aromatic heterocycles. The quantitative estimate of drug-likeness (QED) is 0.377. The van der Waals surface area contributed by atoms with E-state index in [1.54, 1.807) is 61.0 Å². The minimum Gasteiger partial charge on any atom is -0.497 e. The fourth-order valence-corrected chi connectivity index (χ4v) is 3.23. The van der Waals surface area contributed by atoms with Crippen LogP contribution in [0.1, 0.15) is 25.6 Å². The first kappa shape index (κ1) is 17.1. The third-order valence-corrected chi connectivity index (χ3v) is 4.84. The topological polar surface area (TPSA) is 61.8 Å². The molecule has 27 heavy (non-hydrogen) atoms. The minimum absolute atomic E-state index is 0.211. The van der Waals surface area contributed by atoms with Crippen molar-refractivity contribution in [3.63, 3.8) is 0 Å². The van der Waals surface area contributed by atoms with Crippen LogP contribution < -0.4 is 14.2 Å². The van der Waals surface area contributed by atoms with E-state index in [0.717, 1.165) is 11.3 Å². The number of hydrogen-bond donors (Lipinski definition) is 0. The second-order valence-electron chi connectivity index (χ2n) is 5.74. The van der Waals surface area contributed by atoms with E-state index in [-0.39, 0.29) is 11.5 Å². The fraction of sp³-hybridized carbons (Fsp3) is 0.0476. The Morgan fingerprint density at radius 3 is 2.56 bits per heavy atom. The highest BCUT2D eigenvalue weighted by molar-refractivity contribution is 7.12. The number of benzene rings is 2. The molecule has 5 nitrogen and oxygen atoms in total. The number of ether oxygens (including phenoxy) is 3. The molecular formula is C21H14O5S. The Morgan fingerprint density at radius 2 is 1.85 bits per heavy atom. The van der Waals surface area contributed by atoms with Crippen molar-refractivity contribution in [3.05, 3.63) is 81.7 Å². The van der Waals surface area contributed by atoms with Crippen LogP contribution in [0.15, 0.2) is 65.7 Å². The Morgan fingerprint density at radius 1 is 1.07 bits per heavy atom. The van der Waals surface area contributed by atoms with E-state index in [9.17, 15) is 9.59 Å². The molecule has 0 spiro atoms. The van der Waals surface area contributed by atoms with Crippen molar-refractivity contribution in [1.29, 1.82) is 0 Å². The number of Topliss-reactive ketones (excluding diaryl/α,β-unsaturated/α-hetero) is 1. The van der Waals surface area contributed by atoms with Gasteiger partial charge < -0.3 is 14.2 Å². The third kappa shape index (κ3) is 3.47. The number of thiophene rings is 1. The Bertz CT molecular complexity index is 1030. The number of esters is 1. The van der Waals surface area contributed by atoms with Crippen molar-refractivity contribution in [2.75, 3.05) is 7.11 Å². The predicted octanol–water partition coefficient (Wildman–Crippen LogP) is 4.59. The fourth-order valence-electron chi connectivity index (χ4n) is 2.63. The molecule has 0 aliphatic carbocycles. The Hall–Kier alpha value is -3.38. The smallest absolute Gasteiger partial charge is 0.353 e. The van der Waals surface area contributed by atoms with Crippen molar-refractivity contribution in [2.24, 2.45) is 0 Å². The molecule has 6 heteroatoms. The molecular weight excluding hydrogens is 364 g/mol. The molecule has 134 valence electrons. The summed E-state index contributed by atoms with van der Waals surface area (Å²) in [6.45, 7) is 0. The van der Waals surface area contributed by atoms with Gasteiger partial charge in [-0.15, -0.1) is 11.3 Å². The Kier molecular flexibility index (Phi) is 4.48. The molecule has 0 fully saturated rings. The lowest BCUT2D eigenvalue weighted by Crippen LogP contribution is -2.06. The molecule has 0 saturated heterocycles. The van der Waals surface area contributed by atoms with Crippen molar-refractivity contribution >= 4 is 29.2 Å². The average molecular weight is 378 g/mol.